The van der Waals surface area contributed by atoms with Gasteiger partial charge in [0.15, 0.2) is 0 Å². The fraction of sp³-hybridized carbons (Fsp3) is 0.571. The van der Waals surface area contributed by atoms with Crippen molar-refractivity contribution in [3.05, 3.63) is 35.4 Å². The summed E-state index contributed by atoms with van der Waals surface area (Å²) in [5, 5.41) is 0. The molecule has 2 rings (SSSR count). The Balaban J connectivity index is 2.02. The lowest BCUT2D eigenvalue weighted by Crippen LogP contribution is -2.35. The first-order valence-electron chi connectivity index (χ1n) is 6.59. The van der Waals surface area contributed by atoms with Gasteiger partial charge in [-0.15, -0.1) is 11.6 Å². The van der Waals surface area contributed by atoms with E-state index >= 15 is 0 Å². The minimum atomic E-state index is -3.22. The van der Waals surface area contributed by atoms with Crippen LogP contribution < -0.4 is 0 Å². The molecular weight excluding hydrogens is 282 g/mol. The topological polar surface area (TPSA) is 37.4 Å². The van der Waals surface area contributed by atoms with Gasteiger partial charge in [0.05, 0.1) is 5.75 Å². The summed E-state index contributed by atoms with van der Waals surface area (Å²) < 4.78 is 26.0. The summed E-state index contributed by atoms with van der Waals surface area (Å²) in [7, 11) is -1.54. The zero-order valence-electron chi connectivity index (χ0n) is 11.2. The van der Waals surface area contributed by atoms with Crippen LogP contribution in [0.4, 0.5) is 0 Å². The predicted octanol–water partition coefficient (Wildman–Crippen LogP) is 2.99. The van der Waals surface area contributed by atoms with Gasteiger partial charge in [-0.25, -0.2) is 12.7 Å². The average molecular weight is 302 g/mol. The Morgan fingerprint density at radius 1 is 1.32 bits per heavy atom. The van der Waals surface area contributed by atoms with Gasteiger partial charge in [0.1, 0.15) is 0 Å². The predicted molar refractivity (Wildman–Crippen MR) is 78.6 cm³/mol. The minimum Gasteiger partial charge on any atom is -0.212 e. The van der Waals surface area contributed by atoms with Gasteiger partial charge in [-0.05, 0) is 29.9 Å². The quantitative estimate of drug-likeness (QED) is 0.758. The molecule has 0 aliphatic heterocycles. The van der Waals surface area contributed by atoms with Crippen LogP contribution in [0.2, 0.25) is 0 Å². The maximum atomic E-state index is 12.3. The lowest BCUT2D eigenvalue weighted by molar-refractivity contribution is 0.263. The van der Waals surface area contributed by atoms with Crippen LogP contribution >= 0.6 is 11.6 Å². The smallest absolute Gasteiger partial charge is 0.212 e. The summed E-state index contributed by atoms with van der Waals surface area (Å²) in [6.07, 6.45) is 3.54. The molecule has 0 radical (unpaired) electrons. The molecule has 0 aromatic heterocycles. The van der Waals surface area contributed by atoms with Crippen LogP contribution in [0.1, 0.15) is 30.4 Å². The summed E-state index contributed by atoms with van der Waals surface area (Å²) in [5.41, 5.74) is 1.76. The van der Waals surface area contributed by atoms with Crippen LogP contribution in [-0.2, 0) is 21.7 Å². The summed E-state index contributed by atoms with van der Waals surface area (Å²) in [6.45, 7) is 0.650. The number of benzene rings is 1. The van der Waals surface area contributed by atoms with Gasteiger partial charge in [0, 0.05) is 19.5 Å². The van der Waals surface area contributed by atoms with Gasteiger partial charge in [-0.3, -0.25) is 0 Å². The number of hydrogen-bond acceptors (Lipinski definition) is 2. The zero-order chi connectivity index (χ0) is 13.9. The van der Waals surface area contributed by atoms with Gasteiger partial charge in [0.2, 0.25) is 10.0 Å². The number of alkyl halides is 1. The van der Waals surface area contributed by atoms with Crippen molar-refractivity contribution in [2.75, 3.05) is 13.6 Å². The van der Waals surface area contributed by atoms with E-state index in [9.17, 15) is 8.42 Å². The highest BCUT2D eigenvalue weighted by Gasteiger charge is 2.25. The molecule has 3 nitrogen and oxygen atoms in total. The maximum absolute atomic E-state index is 12.3. The third-order valence-electron chi connectivity index (χ3n) is 3.71. The van der Waals surface area contributed by atoms with Crippen LogP contribution in [0.15, 0.2) is 24.3 Å². The van der Waals surface area contributed by atoms with E-state index in [-0.39, 0.29) is 5.75 Å². The first kappa shape index (κ1) is 14.8. The highest BCUT2D eigenvalue weighted by molar-refractivity contribution is 7.88. The van der Waals surface area contributed by atoms with Gasteiger partial charge in [-0.1, -0.05) is 30.7 Å². The monoisotopic (exact) mass is 301 g/mol. The molecule has 0 bridgehead atoms. The standard InChI is InChI=1S/C14H20ClNO2S/c1-16(10-12-4-2-5-12)19(17,18)11-14-7-3-6-13(8-14)9-15/h3,6-8,12H,2,4-5,9-11H2,1H3. The Hall–Kier alpha value is -0.580. The zero-order valence-corrected chi connectivity index (χ0v) is 12.8. The number of rotatable bonds is 6. The van der Waals surface area contributed by atoms with E-state index in [4.69, 9.17) is 11.6 Å². The molecule has 0 spiro atoms. The molecular formula is C14H20ClNO2S. The maximum Gasteiger partial charge on any atom is 0.218 e. The molecule has 0 saturated heterocycles. The average Bonchev–Trinajstić information content (AvgIpc) is 2.33. The number of hydrogen-bond donors (Lipinski definition) is 0. The summed E-state index contributed by atoms with van der Waals surface area (Å²) in [5.74, 6) is 1.01. The second-order valence-electron chi connectivity index (χ2n) is 5.29. The van der Waals surface area contributed by atoms with Crippen molar-refractivity contribution in [1.82, 2.24) is 4.31 Å². The molecule has 0 N–H and O–H groups in total. The largest absolute Gasteiger partial charge is 0.218 e. The van der Waals surface area contributed by atoms with Crippen molar-refractivity contribution < 1.29 is 8.42 Å². The first-order valence-corrected chi connectivity index (χ1v) is 8.73. The van der Waals surface area contributed by atoms with Crippen LogP contribution in [-0.4, -0.2) is 26.3 Å². The van der Waals surface area contributed by atoms with Crippen molar-refractivity contribution in [2.45, 2.75) is 30.9 Å². The van der Waals surface area contributed by atoms with Gasteiger partial charge < -0.3 is 0 Å². The van der Waals surface area contributed by atoms with Crippen molar-refractivity contribution in [3.8, 4) is 0 Å². The van der Waals surface area contributed by atoms with Crippen LogP contribution in [0, 0.1) is 5.92 Å². The highest BCUT2D eigenvalue weighted by Crippen LogP contribution is 2.27. The number of sulfonamides is 1. The van der Waals surface area contributed by atoms with E-state index in [0.717, 1.165) is 24.0 Å². The molecule has 0 unspecified atom stereocenters. The molecule has 1 aromatic rings. The van der Waals surface area contributed by atoms with E-state index in [1.54, 1.807) is 7.05 Å². The molecule has 5 heteroatoms. The highest BCUT2D eigenvalue weighted by atomic mass is 35.5. The van der Waals surface area contributed by atoms with E-state index in [2.05, 4.69) is 0 Å². The van der Waals surface area contributed by atoms with Gasteiger partial charge >= 0.3 is 0 Å². The second-order valence-corrected chi connectivity index (χ2v) is 7.63. The Kier molecular flexibility index (Phi) is 4.87. The molecule has 0 heterocycles. The van der Waals surface area contributed by atoms with Crippen molar-refractivity contribution in [2.24, 2.45) is 5.92 Å². The van der Waals surface area contributed by atoms with Crippen molar-refractivity contribution >= 4 is 21.6 Å². The number of nitrogens with zero attached hydrogens (tertiary/aromatic N) is 1. The third kappa shape index (κ3) is 3.94. The minimum absolute atomic E-state index is 0.0565. The van der Waals surface area contributed by atoms with Crippen LogP contribution in [0.5, 0.6) is 0 Å². The molecule has 106 valence electrons. The van der Waals surface area contributed by atoms with Crippen LogP contribution in [0.25, 0.3) is 0 Å². The Morgan fingerprint density at radius 3 is 2.58 bits per heavy atom. The van der Waals surface area contributed by atoms with Gasteiger partial charge in [-0.2, -0.15) is 0 Å². The Morgan fingerprint density at radius 2 is 2.00 bits per heavy atom. The van der Waals surface area contributed by atoms with Gasteiger partial charge in [0.25, 0.3) is 0 Å². The molecule has 1 aromatic carbocycles. The van der Waals surface area contributed by atoms with Crippen molar-refractivity contribution in [3.63, 3.8) is 0 Å². The van der Waals surface area contributed by atoms with E-state index in [1.807, 2.05) is 24.3 Å². The SMILES string of the molecule is CN(CC1CCC1)S(=O)(=O)Cc1cccc(CCl)c1. The fourth-order valence-corrected chi connectivity index (χ4v) is 3.70. The van der Waals surface area contributed by atoms with E-state index < -0.39 is 10.0 Å². The lowest BCUT2D eigenvalue weighted by Gasteiger charge is -2.29. The molecule has 1 fully saturated rings. The summed E-state index contributed by atoms with van der Waals surface area (Å²) in [4.78, 5) is 0. The Labute approximate surface area is 120 Å². The number of halogens is 1. The third-order valence-corrected chi connectivity index (χ3v) is 5.82. The van der Waals surface area contributed by atoms with Crippen molar-refractivity contribution in [1.29, 1.82) is 0 Å². The molecule has 1 saturated carbocycles. The molecule has 0 amide bonds. The second kappa shape index (κ2) is 6.25. The summed E-state index contributed by atoms with van der Waals surface area (Å²) in [6, 6.07) is 7.46. The Bertz CT molecular complexity index is 526. The first-order chi connectivity index (χ1) is 9.01. The lowest BCUT2D eigenvalue weighted by atomic mass is 9.86. The normalized spacial score (nSPS) is 16.6. The molecule has 1 aliphatic carbocycles. The van der Waals surface area contributed by atoms with Crippen LogP contribution in [0.3, 0.4) is 0 Å². The molecule has 19 heavy (non-hydrogen) atoms. The molecule has 0 atom stereocenters. The fourth-order valence-electron chi connectivity index (χ4n) is 2.28. The van der Waals surface area contributed by atoms with E-state index in [1.165, 1.54) is 10.7 Å². The summed E-state index contributed by atoms with van der Waals surface area (Å²) >= 11 is 5.77. The van der Waals surface area contributed by atoms with E-state index in [0.29, 0.717) is 18.3 Å². The molecule has 1 aliphatic rings.